The van der Waals surface area contributed by atoms with Crippen molar-refractivity contribution in [3.05, 3.63) is 63.1 Å². The molecule has 2 aromatic rings. The van der Waals surface area contributed by atoms with Crippen LogP contribution in [-0.4, -0.2) is 20.0 Å². The van der Waals surface area contributed by atoms with Gasteiger partial charge in [-0.05, 0) is 42.5 Å². The minimum atomic E-state index is -3.54. The van der Waals surface area contributed by atoms with Gasteiger partial charge in [0.05, 0.1) is 20.7 Å². The molecule has 22 heavy (non-hydrogen) atoms. The van der Waals surface area contributed by atoms with Crippen LogP contribution >= 0.6 is 34.8 Å². The lowest BCUT2D eigenvalue weighted by Crippen LogP contribution is -2.11. The second-order valence-corrected chi connectivity index (χ2v) is 7.93. The van der Waals surface area contributed by atoms with E-state index in [9.17, 15) is 13.2 Å². The van der Waals surface area contributed by atoms with Crippen LogP contribution in [0.25, 0.3) is 0 Å². The molecule has 0 saturated carbocycles. The van der Waals surface area contributed by atoms with Crippen molar-refractivity contribution in [3.8, 4) is 0 Å². The molecular formula is C15H11Cl3O3S. The minimum Gasteiger partial charge on any atom is -0.294 e. The first kappa shape index (κ1) is 17.3. The molecule has 2 aromatic carbocycles. The Morgan fingerprint density at radius 3 is 2.14 bits per heavy atom. The van der Waals surface area contributed by atoms with Crippen molar-refractivity contribution >= 4 is 50.4 Å². The smallest absolute Gasteiger partial charge is 0.178 e. The van der Waals surface area contributed by atoms with Crippen molar-refractivity contribution in [2.45, 2.75) is 11.3 Å². The Bertz CT molecular complexity index is 799. The van der Waals surface area contributed by atoms with Crippen LogP contribution in [0.3, 0.4) is 0 Å². The third kappa shape index (κ3) is 4.23. The monoisotopic (exact) mass is 376 g/mol. The van der Waals surface area contributed by atoms with E-state index in [0.29, 0.717) is 15.6 Å². The lowest BCUT2D eigenvalue weighted by molar-refractivity contribution is 0.0989. The number of hydrogen-bond donors (Lipinski definition) is 0. The average Bonchev–Trinajstić information content (AvgIpc) is 2.48. The number of Topliss-reactive ketones (excluding diaryl/α,β-unsaturated/α-hetero) is 1. The molecule has 3 nitrogen and oxygen atoms in total. The normalized spacial score (nSPS) is 11.4. The quantitative estimate of drug-likeness (QED) is 0.710. The molecule has 0 aliphatic heterocycles. The summed E-state index contributed by atoms with van der Waals surface area (Å²) in [6, 6.07) is 10.3. The van der Waals surface area contributed by atoms with Gasteiger partial charge in [0, 0.05) is 17.0 Å². The van der Waals surface area contributed by atoms with E-state index in [1.54, 1.807) is 0 Å². The average molecular weight is 378 g/mol. The number of carbonyl (C=O) groups is 1. The molecule has 0 unspecified atom stereocenters. The maximum absolute atomic E-state index is 12.2. The Balaban J connectivity index is 2.09. The van der Waals surface area contributed by atoms with Crippen molar-refractivity contribution in [1.29, 1.82) is 0 Å². The second-order valence-electron chi connectivity index (χ2n) is 4.57. The predicted octanol–water partition coefficient (Wildman–Crippen LogP) is 4.69. The first-order valence-electron chi connectivity index (χ1n) is 6.26. The summed E-state index contributed by atoms with van der Waals surface area (Å²) in [7, 11) is -3.54. The molecule has 0 radical (unpaired) electrons. The largest absolute Gasteiger partial charge is 0.294 e. The van der Waals surface area contributed by atoms with Crippen molar-refractivity contribution in [3.63, 3.8) is 0 Å². The first-order valence-corrected chi connectivity index (χ1v) is 9.05. The Labute approximate surface area is 143 Å². The minimum absolute atomic E-state index is 0.136. The van der Waals surface area contributed by atoms with E-state index < -0.39 is 9.84 Å². The van der Waals surface area contributed by atoms with Gasteiger partial charge in [-0.25, -0.2) is 8.42 Å². The predicted molar refractivity (Wildman–Crippen MR) is 88.9 cm³/mol. The Kier molecular flexibility index (Phi) is 5.50. The van der Waals surface area contributed by atoms with E-state index in [-0.39, 0.29) is 27.9 Å². The Hall–Kier alpha value is -1.07. The molecule has 0 atom stereocenters. The molecule has 0 N–H and O–H groups in total. The zero-order valence-electron chi connectivity index (χ0n) is 11.2. The van der Waals surface area contributed by atoms with Gasteiger partial charge in [0.1, 0.15) is 0 Å². The molecule has 0 amide bonds. The highest BCUT2D eigenvalue weighted by atomic mass is 35.5. The van der Waals surface area contributed by atoms with Gasteiger partial charge in [0.15, 0.2) is 15.6 Å². The fraction of sp³-hybridized carbons (Fsp3) is 0.133. The van der Waals surface area contributed by atoms with Crippen molar-refractivity contribution < 1.29 is 13.2 Å². The van der Waals surface area contributed by atoms with Crippen LogP contribution in [0.5, 0.6) is 0 Å². The third-order valence-corrected chi connectivity index (χ3v) is 5.74. The molecule has 7 heteroatoms. The molecule has 2 rings (SSSR count). The zero-order chi connectivity index (χ0) is 16.3. The summed E-state index contributed by atoms with van der Waals surface area (Å²) in [5.41, 5.74) is 0.334. The Morgan fingerprint density at radius 1 is 0.909 bits per heavy atom. The molecule has 0 aromatic heterocycles. The number of halogens is 3. The fourth-order valence-electron chi connectivity index (χ4n) is 1.80. The van der Waals surface area contributed by atoms with Gasteiger partial charge < -0.3 is 0 Å². The van der Waals surface area contributed by atoms with Crippen LogP contribution in [-0.2, 0) is 9.84 Å². The number of benzene rings is 2. The van der Waals surface area contributed by atoms with Crippen molar-refractivity contribution in [2.75, 3.05) is 5.75 Å². The second kappa shape index (κ2) is 7.01. The van der Waals surface area contributed by atoms with E-state index in [2.05, 4.69) is 0 Å². The summed E-state index contributed by atoms with van der Waals surface area (Å²) in [4.78, 5) is 12.2. The van der Waals surface area contributed by atoms with Crippen molar-refractivity contribution in [2.24, 2.45) is 0 Å². The van der Waals surface area contributed by atoms with E-state index in [0.717, 1.165) is 0 Å². The Morgan fingerprint density at radius 2 is 1.55 bits per heavy atom. The van der Waals surface area contributed by atoms with Crippen LogP contribution < -0.4 is 0 Å². The number of carbonyl (C=O) groups excluding carboxylic acids is 1. The standard InChI is InChI=1S/C15H11Cl3O3S/c16-11-2-4-12(5-3-11)22(20,21)8-7-15(19)10-1-6-13(17)14(18)9-10/h1-6,9H,7-8H2. The number of hydrogen-bond acceptors (Lipinski definition) is 3. The van der Waals surface area contributed by atoms with E-state index in [1.807, 2.05) is 0 Å². The lowest BCUT2D eigenvalue weighted by Gasteiger charge is -2.05. The van der Waals surface area contributed by atoms with Crippen LogP contribution in [0.1, 0.15) is 16.8 Å². The van der Waals surface area contributed by atoms with Crippen LogP contribution in [0.15, 0.2) is 47.4 Å². The van der Waals surface area contributed by atoms with Gasteiger partial charge in [-0.15, -0.1) is 0 Å². The highest BCUT2D eigenvalue weighted by Crippen LogP contribution is 2.23. The molecule has 0 aliphatic carbocycles. The van der Waals surface area contributed by atoms with Gasteiger partial charge in [0.2, 0.25) is 0 Å². The van der Waals surface area contributed by atoms with Crippen LogP contribution in [0.4, 0.5) is 0 Å². The number of ketones is 1. The summed E-state index contributed by atoms with van der Waals surface area (Å²) < 4.78 is 24.3. The van der Waals surface area contributed by atoms with Gasteiger partial charge in [-0.2, -0.15) is 0 Å². The lowest BCUT2D eigenvalue weighted by atomic mass is 10.1. The molecule has 0 saturated heterocycles. The van der Waals surface area contributed by atoms with Gasteiger partial charge in [-0.1, -0.05) is 34.8 Å². The molecule has 0 spiro atoms. The van der Waals surface area contributed by atoms with Crippen molar-refractivity contribution in [1.82, 2.24) is 0 Å². The summed E-state index contributed by atoms with van der Waals surface area (Å²) in [5, 5.41) is 1.05. The van der Waals surface area contributed by atoms with E-state index >= 15 is 0 Å². The summed E-state index contributed by atoms with van der Waals surface area (Å²) in [5.74, 6) is -0.593. The van der Waals surface area contributed by atoms with Gasteiger partial charge >= 0.3 is 0 Å². The summed E-state index contributed by atoms with van der Waals surface area (Å²) in [6.07, 6.45) is -0.136. The molecule has 0 fully saturated rings. The van der Waals surface area contributed by atoms with Crippen LogP contribution in [0, 0.1) is 0 Å². The van der Waals surface area contributed by atoms with Gasteiger partial charge in [0.25, 0.3) is 0 Å². The number of sulfone groups is 1. The maximum Gasteiger partial charge on any atom is 0.178 e. The van der Waals surface area contributed by atoms with Gasteiger partial charge in [-0.3, -0.25) is 4.79 Å². The first-order chi connectivity index (χ1) is 10.3. The molecule has 0 heterocycles. The molecule has 0 bridgehead atoms. The topological polar surface area (TPSA) is 51.2 Å². The van der Waals surface area contributed by atoms with Crippen LogP contribution in [0.2, 0.25) is 15.1 Å². The van der Waals surface area contributed by atoms with E-state index in [1.165, 1.54) is 42.5 Å². The third-order valence-electron chi connectivity index (χ3n) is 3.01. The SMILES string of the molecule is O=C(CCS(=O)(=O)c1ccc(Cl)cc1)c1ccc(Cl)c(Cl)c1. The number of rotatable bonds is 5. The molecule has 0 aliphatic rings. The zero-order valence-corrected chi connectivity index (χ0v) is 14.3. The molecule has 116 valence electrons. The highest BCUT2D eigenvalue weighted by molar-refractivity contribution is 7.91. The maximum atomic E-state index is 12.2. The highest BCUT2D eigenvalue weighted by Gasteiger charge is 2.17. The molecular weight excluding hydrogens is 367 g/mol. The summed E-state index contributed by atoms with van der Waals surface area (Å²) >= 11 is 17.3. The fourth-order valence-corrected chi connectivity index (χ4v) is 3.47. The van der Waals surface area contributed by atoms with E-state index in [4.69, 9.17) is 34.8 Å². The summed E-state index contributed by atoms with van der Waals surface area (Å²) in [6.45, 7) is 0.